The molecule has 1 heterocycles. The molecule has 3 N–H and O–H groups in total. The summed E-state index contributed by atoms with van der Waals surface area (Å²) < 4.78 is 0.849. The second-order valence-corrected chi connectivity index (χ2v) is 7.47. The molecule has 0 atom stereocenters. The fourth-order valence-corrected chi connectivity index (χ4v) is 3.44. The van der Waals surface area contributed by atoms with Crippen molar-refractivity contribution in [2.24, 2.45) is 0 Å². The Labute approximate surface area is 160 Å². The zero-order valence-electron chi connectivity index (χ0n) is 13.9. The molecule has 3 rings (SSSR count). The minimum absolute atomic E-state index is 0.211. The van der Waals surface area contributed by atoms with Crippen molar-refractivity contribution in [3.8, 4) is 0 Å². The number of nitrogens with zero attached hydrogens (tertiary/aromatic N) is 2. The van der Waals surface area contributed by atoms with E-state index in [9.17, 15) is 4.79 Å². The van der Waals surface area contributed by atoms with Crippen molar-refractivity contribution >= 4 is 50.5 Å². The quantitative estimate of drug-likeness (QED) is 0.739. The summed E-state index contributed by atoms with van der Waals surface area (Å²) in [4.78, 5) is 17.0. The fourth-order valence-electron chi connectivity index (χ4n) is 2.82. The summed E-state index contributed by atoms with van der Waals surface area (Å²) in [5.74, 6) is -0.211. The number of benzene rings is 2. The molecular weight excluding hydrogens is 404 g/mol. The number of nitrogens with one attached hydrogen (secondary N) is 1. The summed E-state index contributed by atoms with van der Waals surface area (Å²) in [5.41, 5.74) is 8.81. The highest BCUT2D eigenvalue weighted by Crippen LogP contribution is 2.34. The third kappa shape index (κ3) is 4.26. The van der Waals surface area contributed by atoms with E-state index in [-0.39, 0.29) is 5.91 Å². The number of hydrogen-bond donors (Lipinski definition) is 2. The van der Waals surface area contributed by atoms with Gasteiger partial charge in [-0.1, -0.05) is 33.6 Å². The Balaban J connectivity index is 1.84. The van der Waals surface area contributed by atoms with Gasteiger partial charge in [0.15, 0.2) is 0 Å². The topological polar surface area (TPSA) is 61.6 Å². The Morgan fingerprint density at radius 3 is 2.60 bits per heavy atom. The molecular formula is C18H20BrClN4O. The molecule has 5 nitrogen and oxygen atoms in total. The molecule has 0 spiro atoms. The Morgan fingerprint density at radius 1 is 1.20 bits per heavy atom. The van der Waals surface area contributed by atoms with Gasteiger partial charge in [-0.25, -0.2) is 0 Å². The van der Waals surface area contributed by atoms with Crippen molar-refractivity contribution in [2.45, 2.75) is 0 Å². The van der Waals surface area contributed by atoms with Crippen LogP contribution >= 0.6 is 27.5 Å². The average Bonchev–Trinajstić information content (AvgIpc) is 2.58. The fraction of sp³-hybridized carbons (Fsp3) is 0.278. The van der Waals surface area contributed by atoms with Crippen LogP contribution in [0.5, 0.6) is 0 Å². The lowest BCUT2D eigenvalue weighted by atomic mass is 10.1. The first-order valence-corrected chi connectivity index (χ1v) is 9.20. The lowest BCUT2D eigenvalue weighted by Crippen LogP contribution is -2.44. The molecule has 0 bridgehead atoms. The Hall–Kier alpha value is -1.76. The number of carbonyl (C=O) groups is 1. The van der Waals surface area contributed by atoms with Crippen LogP contribution in [0, 0.1) is 0 Å². The van der Waals surface area contributed by atoms with Crippen LogP contribution in [0.15, 0.2) is 40.9 Å². The normalized spacial score (nSPS) is 15.2. The molecule has 1 amide bonds. The van der Waals surface area contributed by atoms with Gasteiger partial charge in [-0.2, -0.15) is 0 Å². The van der Waals surface area contributed by atoms with Crippen LogP contribution in [0.3, 0.4) is 0 Å². The number of amides is 1. The molecule has 1 fully saturated rings. The third-order valence-corrected chi connectivity index (χ3v) is 5.10. The van der Waals surface area contributed by atoms with Crippen LogP contribution < -0.4 is 16.0 Å². The number of nitrogen functional groups attached to an aromatic ring is 1. The second kappa shape index (κ2) is 7.64. The van der Waals surface area contributed by atoms with Crippen LogP contribution in [0.4, 0.5) is 17.1 Å². The number of rotatable bonds is 3. The average molecular weight is 424 g/mol. The monoisotopic (exact) mass is 422 g/mol. The number of hydrogen-bond acceptors (Lipinski definition) is 4. The lowest BCUT2D eigenvalue weighted by molar-refractivity contribution is 0.102. The van der Waals surface area contributed by atoms with Gasteiger partial charge in [-0.05, 0) is 37.4 Å². The predicted octanol–water partition coefficient (Wildman–Crippen LogP) is 3.69. The zero-order chi connectivity index (χ0) is 18.0. The highest BCUT2D eigenvalue weighted by molar-refractivity contribution is 9.10. The van der Waals surface area contributed by atoms with Crippen molar-refractivity contribution in [3.63, 3.8) is 0 Å². The minimum atomic E-state index is -0.211. The van der Waals surface area contributed by atoms with Gasteiger partial charge < -0.3 is 20.9 Å². The van der Waals surface area contributed by atoms with Crippen LogP contribution in [-0.2, 0) is 0 Å². The van der Waals surface area contributed by atoms with E-state index < -0.39 is 0 Å². The lowest BCUT2D eigenvalue weighted by Gasteiger charge is -2.35. The van der Waals surface area contributed by atoms with Crippen LogP contribution in [0.2, 0.25) is 5.02 Å². The molecule has 1 saturated heterocycles. The molecule has 2 aromatic carbocycles. The smallest absolute Gasteiger partial charge is 0.255 e. The van der Waals surface area contributed by atoms with Gasteiger partial charge in [0, 0.05) is 36.2 Å². The number of anilines is 3. The summed E-state index contributed by atoms with van der Waals surface area (Å²) in [6, 6.07) is 10.8. The second-order valence-electron chi connectivity index (χ2n) is 6.15. The molecule has 1 aliphatic heterocycles. The SMILES string of the molecule is CN1CCN(c2cc(NC(=O)c3cccc(Br)c3)c(Cl)cc2N)CC1. The van der Waals surface area contributed by atoms with Gasteiger partial charge >= 0.3 is 0 Å². The number of carbonyl (C=O) groups excluding carboxylic acids is 1. The molecule has 0 unspecified atom stereocenters. The molecule has 132 valence electrons. The molecule has 25 heavy (non-hydrogen) atoms. The molecule has 7 heteroatoms. The molecule has 0 radical (unpaired) electrons. The van der Waals surface area contributed by atoms with Gasteiger partial charge in [-0.3, -0.25) is 4.79 Å². The van der Waals surface area contributed by atoms with Gasteiger partial charge in [-0.15, -0.1) is 0 Å². The summed E-state index contributed by atoms with van der Waals surface area (Å²) in [5, 5.41) is 3.31. The summed E-state index contributed by atoms with van der Waals surface area (Å²) >= 11 is 9.67. The van der Waals surface area contributed by atoms with Crippen molar-refractivity contribution in [1.29, 1.82) is 0 Å². The molecule has 0 aliphatic carbocycles. The van der Waals surface area contributed by atoms with Crippen LogP contribution in [-0.4, -0.2) is 44.0 Å². The highest BCUT2D eigenvalue weighted by Gasteiger charge is 2.19. The van der Waals surface area contributed by atoms with E-state index in [1.807, 2.05) is 18.2 Å². The predicted molar refractivity (Wildman–Crippen MR) is 108 cm³/mol. The highest BCUT2D eigenvalue weighted by atomic mass is 79.9. The maximum atomic E-state index is 12.5. The summed E-state index contributed by atoms with van der Waals surface area (Å²) in [6.07, 6.45) is 0. The first-order chi connectivity index (χ1) is 11.9. The Kier molecular flexibility index (Phi) is 5.51. The number of likely N-dealkylation sites (N-methyl/N-ethyl adjacent to an activating group) is 1. The molecule has 2 aromatic rings. The van der Waals surface area contributed by atoms with Crippen molar-refractivity contribution in [2.75, 3.05) is 49.2 Å². The van der Waals surface area contributed by atoms with Crippen molar-refractivity contribution in [1.82, 2.24) is 4.90 Å². The van der Waals surface area contributed by atoms with E-state index in [2.05, 4.69) is 38.1 Å². The third-order valence-electron chi connectivity index (χ3n) is 4.30. The van der Waals surface area contributed by atoms with Gasteiger partial charge in [0.2, 0.25) is 0 Å². The molecule has 1 aliphatic rings. The maximum absolute atomic E-state index is 12.5. The number of halogens is 2. The van der Waals surface area contributed by atoms with E-state index in [0.29, 0.717) is 22.0 Å². The number of piperazine rings is 1. The minimum Gasteiger partial charge on any atom is -0.397 e. The zero-order valence-corrected chi connectivity index (χ0v) is 16.3. The first-order valence-electron chi connectivity index (χ1n) is 8.03. The van der Waals surface area contributed by atoms with E-state index in [1.165, 1.54) is 0 Å². The summed E-state index contributed by atoms with van der Waals surface area (Å²) in [7, 11) is 2.10. The summed E-state index contributed by atoms with van der Waals surface area (Å²) in [6.45, 7) is 3.73. The van der Waals surface area contributed by atoms with Crippen molar-refractivity contribution < 1.29 is 4.79 Å². The maximum Gasteiger partial charge on any atom is 0.255 e. The molecule has 0 saturated carbocycles. The first kappa shape index (κ1) is 18.0. The van der Waals surface area contributed by atoms with Crippen LogP contribution in [0.25, 0.3) is 0 Å². The number of nitrogens with two attached hydrogens (primary N) is 1. The largest absolute Gasteiger partial charge is 0.397 e. The van der Waals surface area contributed by atoms with E-state index in [0.717, 1.165) is 36.3 Å². The standard InChI is InChI=1S/C18H20BrClN4O/c1-23-5-7-24(8-6-23)17-11-16(14(20)10-15(17)21)22-18(25)12-3-2-4-13(19)9-12/h2-4,9-11H,5-8,21H2,1H3,(H,22,25). The van der Waals surface area contributed by atoms with Gasteiger partial charge in [0.05, 0.1) is 22.1 Å². The molecule has 0 aromatic heterocycles. The van der Waals surface area contributed by atoms with E-state index in [4.69, 9.17) is 17.3 Å². The van der Waals surface area contributed by atoms with Crippen molar-refractivity contribution in [3.05, 3.63) is 51.5 Å². The van der Waals surface area contributed by atoms with Gasteiger partial charge in [0.1, 0.15) is 0 Å². The van der Waals surface area contributed by atoms with Crippen LogP contribution in [0.1, 0.15) is 10.4 Å². The van der Waals surface area contributed by atoms with E-state index >= 15 is 0 Å². The van der Waals surface area contributed by atoms with Gasteiger partial charge in [0.25, 0.3) is 5.91 Å². The Bertz CT molecular complexity index is 791. The Morgan fingerprint density at radius 2 is 1.92 bits per heavy atom. The van der Waals surface area contributed by atoms with E-state index in [1.54, 1.807) is 18.2 Å².